The highest BCUT2D eigenvalue weighted by Crippen LogP contribution is 2.24. The molecule has 0 amide bonds. The number of aryl methyl sites for hydroxylation is 3. The van der Waals surface area contributed by atoms with Crippen LogP contribution in [0.15, 0.2) is 29.1 Å². The van der Waals surface area contributed by atoms with Crippen molar-refractivity contribution in [3.63, 3.8) is 0 Å². The fourth-order valence-electron chi connectivity index (χ4n) is 3.42. The zero-order valence-corrected chi connectivity index (χ0v) is 18.8. The van der Waals surface area contributed by atoms with Crippen LogP contribution in [0.3, 0.4) is 0 Å². The summed E-state index contributed by atoms with van der Waals surface area (Å²) in [6.45, 7) is 8.18. The van der Waals surface area contributed by atoms with Crippen LogP contribution in [-0.2, 0) is 24.8 Å². The summed E-state index contributed by atoms with van der Waals surface area (Å²) in [5.74, 6) is 1.80. The molecule has 0 saturated heterocycles. The van der Waals surface area contributed by atoms with Crippen molar-refractivity contribution in [2.75, 3.05) is 6.61 Å². The van der Waals surface area contributed by atoms with Crippen molar-refractivity contribution in [2.24, 2.45) is 7.05 Å². The number of benzene rings is 1. The number of aldehydes is 1. The van der Waals surface area contributed by atoms with Crippen molar-refractivity contribution >= 4 is 17.3 Å². The minimum atomic E-state index is -0.871. The molecule has 3 rings (SSSR count). The highest BCUT2D eigenvalue weighted by molar-refractivity contribution is 5.76. The highest BCUT2D eigenvalue weighted by atomic mass is 16.5. The number of carbonyl (C=O) groups excluding carboxylic acids is 1. The molecular formula is C23H30N4O4. The van der Waals surface area contributed by atoms with E-state index in [1.54, 1.807) is 35.4 Å². The summed E-state index contributed by atoms with van der Waals surface area (Å²) >= 11 is 0. The van der Waals surface area contributed by atoms with Crippen LogP contribution < -0.4 is 15.0 Å². The van der Waals surface area contributed by atoms with Gasteiger partial charge in [0.15, 0.2) is 17.4 Å². The molecular weight excluding hydrogens is 396 g/mol. The highest BCUT2D eigenvalue weighted by Gasteiger charge is 2.23. The van der Waals surface area contributed by atoms with Gasteiger partial charge in [-0.2, -0.15) is 5.10 Å². The molecule has 1 aromatic carbocycles. The van der Waals surface area contributed by atoms with E-state index in [0.717, 1.165) is 24.8 Å². The summed E-state index contributed by atoms with van der Waals surface area (Å²) in [6, 6.07) is 7.15. The van der Waals surface area contributed by atoms with Gasteiger partial charge in [0, 0.05) is 13.1 Å². The van der Waals surface area contributed by atoms with E-state index in [4.69, 9.17) is 9.47 Å². The first-order valence-corrected chi connectivity index (χ1v) is 10.6. The third-order valence-electron chi connectivity index (χ3n) is 5.38. The van der Waals surface area contributed by atoms with Gasteiger partial charge in [0.25, 0.3) is 5.56 Å². The Bertz CT molecular complexity index is 1130. The summed E-state index contributed by atoms with van der Waals surface area (Å²) in [7, 11) is 1.77. The fraction of sp³-hybridized carbons (Fsp3) is 0.478. The Morgan fingerprint density at radius 1 is 1.23 bits per heavy atom. The second kappa shape index (κ2) is 9.32. The van der Waals surface area contributed by atoms with Crippen molar-refractivity contribution in [3.8, 4) is 11.5 Å². The standard InChI is InChI=1S/C23H30N4O4/c1-6-9-19-20-21(26(5)25-19)22(29)27(16(3)24-20)12-13-30-17-10-8-11-18(14-17)31-23(4,7-2)15-28/h8,10-11,14-15H,6-7,9,12-13H2,1-5H3/t23-/m0/s1. The summed E-state index contributed by atoms with van der Waals surface area (Å²) in [5.41, 5.74) is 1.06. The maximum atomic E-state index is 13.1. The minimum Gasteiger partial charge on any atom is -0.492 e. The molecule has 3 aromatic rings. The SMILES string of the molecule is CCCc1nn(C)c2c(=O)n(CCOc3cccc(O[C@](C)(C=O)CC)c3)c(C)nc12. The smallest absolute Gasteiger partial charge is 0.279 e. The van der Waals surface area contributed by atoms with E-state index in [2.05, 4.69) is 17.0 Å². The van der Waals surface area contributed by atoms with Crippen LogP contribution in [0, 0.1) is 6.92 Å². The molecule has 1 atom stereocenters. The van der Waals surface area contributed by atoms with Crippen LogP contribution in [0.4, 0.5) is 0 Å². The van der Waals surface area contributed by atoms with E-state index < -0.39 is 5.60 Å². The molecule has 0 radical (unpaired) electrons. The Hall–Kier alpha value is -3.16. The molecule has 0 fully saturated rings. The lowest BCUT2D eigenvalue weighted by atomic mass is 10.1. The van der Waals surface area contributed by atoms with Crippen LogP contribution >= 0.6 is 0 Å². The molecule has 2 aromatic heterocycles. The largest absolute Gasteiger partial charge is 0.492 e. The molecule has 166 valence electrons. The quantitative estimate of drug-likeness (QED) is 0.463. The Labute approximate surface area is 181 Å². The van der Waals surface area contributed by atoms with Crippen molar-refractivity contribution in [2.45, 2.75) is 59.1 Å². The topological polar surface area (TPSA) is 88.2 Å². The Kier molecular flexibility index (Phi) is 6.77. The summed E-state index contributed by atoms with van der Waals surface area (Å²) in [5, 5.41) is 4.47. The molecule has 0 N–H and O–H groups in total. The summed E-state index contributed by atoms with van der Waals surface area (Å²) in [6.07, 6.45) is 3.10. The predicted molar refractivity (Wildman–Crippen MR) is 119 cm³/mol. The lowest BCUT2D eigenvalue weighted by molar-refractivity contribution is -0.120. The predicted octanol–water partition coefficient (Wildman–Crippen LogP) is 3.22. The van der Waals surface area contributed by atoms with Crippen molar-refractivity contribution in [1.29, 1.82) is 0 Å². The molecule has 0 aliphatic rings. The van der Waals surface area contributed by atoms with Gasteiger partial charge in [-0.1, -0.05) is 26.3 Å². The first kappa shape index (κ1) is 22.5. The van der Waals surface area contributed by atoms with Gasteiger partial charge in [0.2, 0.25) is 0 Å². The molecule has 31 heavy (non-hydrogen) atoms. The van der Waals surface area contributed by atoms with E-state index >= 15 is 0 Å². The number of nitrogens with zero attached hydrogens (tertiary/aromatic N) is 4. The molecule has 0 saturated carbocycles. The fourth-order valence-corrected chi connectivity index (χ4v) is 3.42. The second-order valence-corrected chi connectivity index (χ2v) is 7.84. The van der Waals surface area contributed by atoms with E-state index in [-0.39, 0.29) is 12.2 Å². The molecule has 0 spiro atoms. The number of carbonyl (C=O) groups is 1. The average molecular weight is 427 g/mol. The maximum absolute atomic E-state index is 13.1. The minimum absolute atomic E-state index is 0.120. The van der Waals surface area contributed by atoms with E-state index in [1.165, 1.54) is 0 Å². The molecule has 0 bridgehead atoms. The van der Waals surface area contributed by atoms with E-state index in [0.29, 0.717) is 41.3 Å². The number of hydrogen-bond donors (Lipinski definition) is 0. The summed E-state index contributed by atoms with van der Waals surface area (Å²) in [4.78, 5) is 29.0. The Morgan fingerprint density at radius 3 is 2.65 bits per heavy atom. The number of aromatic nitrogens is 4. The van der Waals surface area contributed by atoms with Gasteiger partial charge in [0.05, 0.1) is 12.2 Å². The zero-order valence-electron chi connectivity index (χ0n) is 18.8. The van der Waals surface area contributed by atoms with Crippen LogP contribution in [-0.4, -0.2) is 37.8 Å². The molecule has 8 heteroatoms. The van der Waals surface area contributed by atoms with Crippen molar-refractivity contribution in [1.82, 2.24) is 19.3 Å². The van der Waals surface area contributed by atoms with Crippen molar-refractivity contribution in [3.05, 3.63) is 46.1 Å². The molecule has 0 aliphatic carbocycles. The first-order valence-electron chi connectivity index (χ1n) is 10.6. The number of fused-ring (bicyclic) bond motifs is 1. The number of rotatable bonds is 10. The average Bonchev–Trinajstić information content (AvgIpc) is 3.06. The van der Waals surface area contributed by atoms with Gasteiger partial charge < -0.3 is 9.47 Å². The van der Waals surface area contributed by atoms with E-state index in [9.17, 15) is 9.59 Å². The first-order chi connectivity index (χ1) is 14.8. The third kappa shape index (κ3) is 4.78. The number of hydrogen-bond acceptors (Lipinski definition) is 6. The van der Waals surface area contributed by atoms with Crippen LogP contribution in [0.2, 0.25) is 0 Å². The Morgan fingerprint density at radius 2 is 1.97 bits per heavy atom. The van der Waals surface area contributed by atoms with Gasteiger partial charge in [-0.25, -0.2) is 4.98 Å². The normalized spacial score (nSPS) is 13.2. The van der Waals surface area contributed by atoms with Gasteiger partial charge in [-0.3, -0.25) is 18.8 Å². The van der Waals surface area contributed by atoms with Gasteiger partial charge in [-0.15, -0.1) is 0 Å². The molecule has 2 heterocycles. The lowest BCUT2D eigenvalue weighted by Gasteiger charge is -2.23. The molecule has 8 nitrogen and oxygen atoms in total. The molecule has 0 aliphatic heterocycles. The van der Waals surface area contributed by atoms with Crippen LogP contribution in [0.25, 0.3) is 11.0 Å². The van der Waals surface area contributed by atoms with Crippen molar-refractivity contribution < 1.29 is 14.3 Å². The maximum Gasteiger partial charge on any atom is 0.279 e. The van der Waals surface area contributed by atoms with Crippen LogP contribution in [0.1, 0.15) is 45.1 Å². The monoisotopic (exact) mass is 426 g/mol. The third-order valence-corrected chi connectivity index (χ3v) is 5.38. The van der Waals surface area contributed by atoms with Gasteiger partial charge >= 0.3 is 0 Å². The Balaban J connectivity index is 1.75. The van der Waals surface area contributed by atoms with Gasteiger partial charge in [0.1, 0.15) is 29.4 Å². The zero-order chi connectivity index (χ0) is 22.6. The molecule has 0 unspecified atom stereocenters. The van der Waals surface area contributed by atoms with Gasteiger partial charge in [-0.05, 0) is 38.8 Å². The van der Waals surface area contributed by atoms with Crippen LogP contribution in [0.5, 0.6) is 11.5 Å². The van der Waals surface area contributed by atoms with E-state index in [1.807, 2.05) is 26.0 Å². The number of ether oxygens (including phenoxy) is 2. The summed E-state index contributed by atoms with van der Waals surface area (Å²) < 4.78 is 14.9. The lowest BCUT2D eigenvalue weighted by Crippen LogP contribution is -2.33. The second-order valence-electron chi connectivity index (χ2n) is 7.84.